The molecule has 0 aliphatic rings. The number of amides is 1. The lowest BCUT2D eigenvalue weighted by molar-refractivity contribution is -0.144. The van der Waals surface area contributed by atoms with Gasteiger partial charge in [0.2, 0.25) is 0 Å². The van der Waals surface area contributed by atoms with Gasteiger partial charge in [-0.05, 0) is 27.7 Å². The molecule has 0 unspecified atom stereocenters. The molecule has 1 N–H and O–H groups in total. The number of rotatable bonds is 3. The van der Waals surface area contributed by atoms with Crippen molar-refractivity contribution in [2.45, 2.75) is 45.5 Å². The first-order valence-corrected chi connectivity index (χ1v) is 4.89. The van der Waals surface area contributed by atoms with Gasteiger partial charge in [-0.25, -0.2) is 14.0 Å². The Hall–Kier alpha value is -1.33. The van der Waals surface area contributed by atoms with E-state index in [2.05, 4.69) is 10.1 Å². The molecule has 0 aromatic carbocycles. The number of methoxy groups -OCH3 is 1. The zero-order valence-corrected chi connectivity index (χ0v) is 10.2. The van der Waals surface area contributed by atoms with Crippen LogP contribution in [0.1, 0.15) is 27.7 Å². The van der Waals surface area contributed by atoms with Crippen molar-refractivity contribution >= 4 is 12.1 Å². The minimum absolute atomic E-state index is 0.704. The lowest BCUT2D eigenvalue weighted by Gasteiger charge is -2.23. The molecule has 6 heteroatoms. The summed E-state index contributed by atoms with van der Waals surface area (Å²) < 4.78 is 22.3. The van der Waals surface area contributed by atoms with Gasteiger partial charge in [-0.2, -0.15) is 0 Å². The summed E-state index contributed by atoms with van der Waals surface area (Å²) in [5.74, 6) is -0.846. The van der Waals surface area contributed by atoms with Gasteiger partial charge in [0.1, 0.15) is 11.8 Å². The van der Waals surface area contributed by atoms with Gasteiger partial charge in [-0.15, -0.1) is 0 Å². The number of ether oxygens (including phenoxy) is 2. The molecular formula is C10H18FNO4. The van der Waals surface area contributed by atoms with Gasteiger partial charge in [0, 0.05) is 0 Å². The molecule has 0 aromatic rings. The summed E-state index contributed by atoms with van der Waals surface area (Å²) >= 11 is 0. The van der Waals surface area contributed by atoms with Crippen molar-refractivity contribution in [3.63, 3.8) is 0 Å². The zero-order chi connectivity index (χ0) is 12.9. The van der Waals surface area contributed by atoms with Crippen LogP contribution in [-0.4, -0.2) is 37.0 Å². The van der Waals surface area contributed by atoms with E-state index >= 15 is 0 Å². The Kier molecular flexibility index (Phi) is 5.20. The average molecular weight is 235 g/mol. The molecule has 0 saturated heterocycles. The number of carbonyl (C=O) groups is 2. The Morgan fingerprint density at radius 3 is 2.12 bits per heavy atom. The number of carbonyl (C=O) groups excluding carboxylic acids is 2. The maximum Gasteiger partial charge on any atom is 0.408 e. The van der Waals surface area contributed by atoms with Crippen LogP contribution in [0.3, 0.4) is 0 Å². The van der Waals surface area contributed by atoms with Gasteiger partial charge in [-0.1, -0.05) is 0 Å². The predicted molar refractivity (Wildman–Crippen MR) is 55.7 cm³/mol. The van der Waals surface area contributed by atoms with Crippen molar-refractivity contribution in [2.24, 2.45) is 0 Å². The van der Waals surface area contributed by atoms with Gasteiger partial charge < -0.3 is 14.8 Å². The highest BCUT2D eigenvalue weighted by Gasteiger charge is 2.29. The summed E-state index contributed by atoms with van der Waals surface area (Å²) in [6.45, 7) is 6.15. The Morgan fingerprint density at radius 2 is 1.81 bits per heavy atom. The molecule has 0 spiro atoms. The second kappa shape index (κ2) is 5.67. The van der Waals surface area contributed by atoms with Crippen LogP contribution in [0.4, 0.5) is 9.18 Å². The minimum atomic E-state index is -1.56. The number of hydrogen-bond donors (Lipinski definition) is 1. The lowest BCUT2D eigenvalue weighted by atomic mass is 10.2. The van der Waals surface area contributed by atoms with E-state index < -0.39 is 29.9 Å². The van der Waals surface area contributed by atoms with E-state index in [0.717, 1.165) is 14.0 Å². The highest BCUT2D eigenvalue weighted by molar-refractivity contribution is 5.81. The van der Waals surface area contributed by atoms with E-state index in [0.29, 0.717) is 0 Å². The summed E-state index contributed by atoms with van der Waals surface area (Å²) in [7, 11) is 1.12. The molecule has 0 bridgehead atoms. The Balaban J connectivity index is 4.42. The van der Waals surface area contributed by atoms with Gasteiger partial charge >= 0.3 is 12.1 Å². The molecule has 94 valence electrons. The second-order valence-electron chi connectivity index (χ2n) is 4.32. The van der Waals surface area contributed by atoms with Crippen molar-refractivity contribution in [2.75, 3.05) is 7.11 Å². The van der Waals surface area contributed by atoms with E-state index in [1.54, 1.807) is 20.8 Å². The molecule has 0 fully saturated rings. The Bertz CT molecular complexity index is 260. The van der Waals surface area contributed by atoms with Crippen molar-refractivity contribution in [1.29, 1.82) is 0 Å². The molecule has 0 aliphatic carbocycles. The number of alkyl halides is 1. The highest BCUT2D eigenvalue weighted by Crippen LogP contribution is 2.08. The third-order valence-corrected chi connectivity index (χ3v) is 1.59. The molecule has 1 amide bonds. The van der Waals surface area contributed by atoms with E-state index in [-0.39, 0.29) is 0 Å². The van der Waals surface area contributed by atoms with E-state index in [1.165, 1.54) is 0 Å². The summed E-state index contributed by atoms with van der Waals surface area (Å²) in [6, 6.07) is -1.35. The van der Waals surface area contributed by atoms with Gasteiger partial charge in [0.05, 0.1) is 7.11 Å². The van der Waals surface area contributed by atoms with Crippen molar-refractivity contribution in [3.05, 3.63) is 0 Å². The summed E-state index contributed by atoms with van der Waals surface area (Å²) in [6.07, 6.45) is -2.41. The van der Waals surface area contributed by atoms with Gasteiger partial charge in [0.15, 0.2) is 6.04 Å². The van der Waals surface area contributed by atoms with Crippen LogP contribution in [0.15, 0.2) is 0 Å². The first kappa shape index (κ1) is 14.7. The Morgan fingerprint density at radius 1 is 1.31 bits per heavy atom. The highest BCUT2D eigenvalue weighted by atomic mass is 19.1. The smallest absolute Gasteiger partial charge is 0.408 e. The first-order valence-electron chi connectivity index (χ1n) is 4.89. The van der Waals surface area contributed by atoms with E-state index in [4.69, 9.17) is 4.74 Å². The van der Waals surface area contributed by atoms with E-state index in [9.17, 15) is 14.0 Å². The molecule has 0 radical (unpaired) electrons. The van der Waals surface area contributed by atoms with Gasteiger partial charge in [-0.3, -0.25) is 0 Å². The fourth-order valence-electron chi connectivity index (χ4n) is 0.923. The van der Waals surface area contributed by atoms with Gasteiger partial charge in [0.25, 0.3) is 0 Å². The quantitative estimate of drug-likeness (QED) is 0.751. The fourth-order valence-corrected chi connectivity index (χ4v) is 0.923. The maximum absolute atomic E-state index is 13.0. The molecule has 0 saturated carbocycles. The van der Waals surface area contributed by atoms with Crippen molar-refractivity contribution < 1.29 is 23.5 Å². The van der Waals surface area contributed by atoms with Crippen molar-refractivity contribution in [3.8, 4) is 0 Å². The van der Waals surface area contributed by atoms with Crippen LogP contribution < -0.4 is 5.32 Å². The largest absolute Gasteiger partial charge is 0.467 e. The molecule has 16 heavy (non-hydrogen) atoms. The SMILES string of the molecule is COC(=O)[C@@H](NC(=O)OC(C)(C)C)[C@@H](C)F. The summed E-state index contributed by atoms with van der Waals surface area (Å²) in [5, 5.41) is 2.11. The first-order chi connectivity index (χ1) is 7.17. The van der Waals surface area contributed by atoms with Crippen LogP contribution in [0.5, 0.6) is 0 Å². The molecule has 0 heterocycles. The number of hydrogen-bond acceptors (Lipinski definition) is 4. The summed E-state index contributed by atoms with van der Waals surface area (Å²) in [4.78, 5) is 22.4. The summed E-state index contributed by atoms with van der Waals surface area (Å²) in [5.41, 5.74) is -0.704. The topological polar surface area (TPSA) is 64.6 Å². The predicted octanol–water partition coefficient (Wildman–Crippen LogP) is 1.41. The maximum atomic E-state index is 13.0. The Labute approximate surface area is 94.3 Å². The van der Waals surface area contributed by atoms with Crippen LogP contribution in [0, 0.1) is 0 Å². The lowest BCUT2D eigenvalue weighted by Crippen LogP contribution is -2.48. The second-order valence-corrected chi connectivity index (χ2v) is 4.32. The number of alkyl carbamates (subject to hydrolysis) is 1. The molecular weight excluding hydrogens is 217 g/mol. The number of nitrogens with one attached hydrogen (secondary N) is 1. The molecule has 5 nitrogen and oxygen atoms in total. The molecule has 2 atom stereocenters. The van der Waals surface area contributed by atoms with E-state index in [1.807, 2.05) is 0 Å². The van der Waals surface area contributed by atoms with Crippen LogP contribution in [0.2, 0.25) is 0 Å². The third-order valence-electron chi connectivity index (χ3n) is 1.59. The van der Waals surface area contributed by atoms with Crippen molar-refractivity contribution in [1.82, 2.24) is 5.32 Å². The monoisotopic (exact) mass is 235 g/mol. The number of esters is 1. The number of halogens is 1. The van der Waals surface area contributed by atoms with Crippen LogP contribution in [-0.2, 0) is 14.3 Å². The fraction of sp³-hybridized carbons (Fsp3) is 0.800. The van der Waals surface area contributed by atoms with Crippen LogP contribution >= 0.6 is 0 Å². The normalized spacial score (nSPS) is 14.9. The molecule has 0 aliphatic heterocycles. The van der Waals surface area contributed by atoms with Crippen LogP contribution in [0.25, 0.3) is 0 Å². The standard InChI is InChI=1S/C10H18FNO4/c1-6(11)7(8(13)15-5)12-9(14)16-10(2,3)4/h6-7H,1-5H3,(H,12,14)/t6-,7+/m1/s1. The molecule has 0 aromatic heterocycles. The average Bonchev–Trinajstić information content (AvgIpc) is 2.09. The zero-order valence-electron chi connectivity index (χ0n) is 10.2. The minimum Gasteiger partial charge on any atom is -0.467 e. The third kappa shape index (κ3) is 5.53. The molecule has 0 rings (SSSR count).